The Bertz CT molecular complexity index is 448. The number of halogens is 1. The maximum Gasteiger partial charge on any atom is 0.332 e. The highest BCUT2D eigenvalue weighted by Gasteiger charge is 2.08. The minimum Gasteiger partial charge on any atom is -0.454 e. The van der Waals surface area contributed by atoms with Crippen molar-refractivity contribution in [2.24, 2.45) is 0 Å². The molecule has 1 aromatic carbocycles. The average molecular weight is 272 g/mol. The van der Waals surface area contributed by atoms with Crippen LogP contribution in [-0.2, 0) is 19.1 Å². The molecule has 0 saturated heterocycles. The Morgan fingerprint density at radius 3 is 2.67 bits per heavy atom. The van der Waals surface area contributed by atoms with E-state index in [9.17, 15) is 9.59 Å². The molecule has 6 heteroatoms. The molecule has 98 valence electrons. The van der Waals surface area contributed by atoms with Crippen LogP contribution in [0.5, 0.6) is 0 Å². The smallest absolute Gasteiger partial charge is 0.332 e. The number of amides is 1. The van der Waals surface area contributed by atoms with E-state index in [1.54, 1.807) is 18.2 Å². The van der Waals surface area contributed by atoms with Gasteiger partial charge < -0.3 is 14.8 Å². The lowest BCUT2D eigenvalue weighted by atomic mass is 10.2. The number of esters is 1. The molecule has 5 nitrogen and oxygen atoms in total. The highest BCUT2D eigenvalue weighted by atomic mass is 35.5. The number of anilines is 1. The molecule has 0 fully saturated rings. The molecule has 0 heterocycles. The Labute approximate surface area is 110 Å². The summed E-state index contributed by atoms with van der Waals surface area (Å²) in [4.78, 5) is 22.4. The molecule has 1 rings (SSSR count). The summed E-state index contributed by atoms with van der Waals surface area (Å²) in [6, 6.07) is 5.14. The zero-order chi connectivity index (χ0) is 13.5. The van der Waals surface area contributed by atoms with Gasteiger partial charge in [0.2, 0.25) is 0 Å². The summed E-state index contributed by atoms with van der Waals surface area (Å²) >= 11 is 5.91. The lowest BCUT2D eigenvalue weighted by Gasteiger charge is -2.07. The Kier molecular flexibility index (Phi) is 5.61. The number of nitrogens with one attached hydrogen (secondary N) is 1. The largest absolute Gasteiger partial charge is 0.454 e. The SMILES string of the molecule is COCC(=O)OCC(=O)Nc1ccc(C)c(Cl)c1. The molecule has 0 unspecified atom stereocenters. The first-order chi connectivity index (χ1) is 8.52. The van der Waals surface area contributed by atoms with Crippen LogP contribution in [0.3, 0.4) is 0 Å². The second-order valence-corrected chi connectivity index (χ2v) is 4.01. The standard InChI is InChI=1S/C12H14ClNO4/c1-8-3-4-9(5-10(8)13)14-11(15)6-18-12(16)7-17-2/h3-5H,6-7H2,1-2H3,(H,14,15). The molecule has 0 bridgehead atoms. The first-order valence-corrected chi connectivity index (χ1v) is 5.61. The third kappa shape index (κ3) is 4.73. The lowest BCUT2D eigenvalue weighted by Crippen LogP contribution is -2.22. The molecule has 1 aromatic rings. The monoisotopic (exact) mass is 271 g/mol. The highest BCUT2D eigenvalue weighted by Crippen LogP contribution is 2.19. The van der Waals surface area contributed by atoms with Crippen LogP contribution in [0.15, 0.2) is 18.2 Å². The minimum absolute atomic E-state index is 0.177. The molecular weight excluding hydrogens is 258 g/mol. The van der Waals surface area contributed by atoms with Crippen molar-refractivity contribution in [3.63, 3.8) is 0 Å². The number of rotatable bonds is 5. The third-order valence-corrected chi connectivity index (χ3v) is 2.49. The highest BCUT2D eigenvalue weighted by molar-refractivity contribution is 6.31. The first kappa shape index (κ1) is 14.5. The van der Waals surface area contributed by atoms with Crippen LogP contribution in [-0.4, -0.2) is 32.2 Å². The predicted octanol–water partition coefficient (Wildman–Crippen LogP) is 1.78. The van der Waals surface area contributed by atoms with Crippen molar-refractivity contribution in [2.75, 3.05) is 25.6 Å². The maximum absolute atomic E-state index is 11.4. The first-order valence-electron chi connectivity index (χ1n) is 5.23. The molecule has 0 atom stereocenters. The van der Waals surface area contributed by atoms with E-state index in [0.717, 1.165) is 5.56 Å². The van der Waals surface area contributed by atoms with Crippen LogP contribution >= 0.6 is 11.6 Å². The summed E-state index contributed by atoms with van der Waals surface area (Å²) in [6.07, 6.45) is 0. The second-order valence-electron chi connectivity index (χ2n) is 3.61. The van der Waals surface area contributed by atoms with Gasteiger partial charge in [0.05, 0.1) is 0 Å². The number of carbonyl (C=O) groups excluding carboxylic acids is 2. The van der Waals surface area contributed by atoms with Gasteiger partial charge in [0.15, 0.2) is 6.61 Å². The number of methoxy groups -OCH3 is 1. The maximum atomic E-state index is 11.4. The van der Waals surface area contributed by atoms with E-state index >= 15 is 0 Å². The fraction of sp³-hybridized carbons (Fsp3) is 0.333. The van der Waals surface area contributed by atoms with Gasteiger partial charge in [0.25, 0.3) is 5.91 Å². The summed E-state index contributed by atoms with van der Waals surface area (Å²) < 4.78 is 9.22. The normalized spacial score (nSPS) is 9.94. The van der Waals surface area contributed by atoms with Gasteiger partial charge in [-0.3, -0.25) is 4.79 Å². The van der Waals surface area contributed by atoms with Gasteiger partial charge in [-0.2, -0.15) is 0 Å². The zero-order valence-corrected chi connectivity index (χ0v) is 10.9. The molecule has 1 amide bonds. The summed E-state index contributed by atoms with van der Waals surface area (Å²) in [5.41, 5.74) is 1.47. The number of aryl methyl sites for hydroxylation is 1. The van der Waals surface area contributed by atoms with E-state index in [0.29, 0.717) is 10.7 Å². The molecule has 1 N–H and O–H groups in total. The van der Waals surface area contributed by atoms with Gasteiger partial charge in [-0.25, -0.2) is 4.79 Å². The fourth-order valence-corrected chi connectivity index (χ4v) is 1.35. The van der Waals surface area contributed by atoms with Gasteiger partial charge in [-0.1, -0.05) is 17.7 Å². The molecule has 18 heavy (non-hydrogen) atoms. The lowest BCUT2D eigenvalue weighted by molar-refractivity contribution is -0.150. The van der Waals surface area contributed by atoms with Crippen molar-refractivity contribution in [1.29, 1.82) is 0 Å². The van der Waals surface area contributed by atoms with E-state index in [2.05, 4.69) is 14.8 Å². The number of ether oxygens (including phenoxy) is 2. The van der Waals surface area contributed by atoms with Crippen molar-refractivity contribution < 1.29 is 19.1 Å². The van der Waals surface area contributed by atoms with Crippen LogP contribution in [0.4, 0.5) is 5.69 Å². The zero-order valence-electron chi connectivity index (χ0n) is 10.2. The second kappa shape index (κ2) is 6.98. The molecule has 0 radical (unpaired) electrons. The summed E-state index contributed by atoms with van der Waals surface area (Å²) in [6.45, 7) is 1.33. The third-order valence-electron chi connectivity index (χ3n) is 2.08. The van der Waals surface area contributed by atoms with E-state index in [-0.39, 0.29) is 13.2 Å². The van der Waals surface area contributed by atoms with Gasteiger partial charge >= 0.3 is 5.97 Å². The van der Waals surface area contributed by atoms with Crippen LogP contribution in [0.2, 0.25) is 5.02 Å². The summed E-state index contributed by atoms with van der Waals surface area (Å²) in [5, 5.41) is 3.13. The van der Waals surface area contributed by atoms with E-state index in [1.807, 2.05) is 6.92 Å². The predicted molar refractivity (Wildman–Crippen MR) is 67.7 cm³/mol. The molecule has 0 aliphatic heterocycles. The molecular formula is C12H14ClNO4. The van der Waals surface area contributed by atoms with Crippen LogP contribution in [0, 0.1) is 6.92 Å². The molecule has 0 spiro atoms. The van der Waals surface area contributed by atoms with Crippen molar-refractivity contribution >= 4 is 29.2 Å². The van der Waals surface area contributed by atoms with Crippen LogP contribution < -0.4 is 5.32 Å². The summed E-state index contributed by atoms with van der Waals surface area (Å²) in [5.74, 6) is -1.02. The molecule has 0 aliphatic carbocycles. The van der Waals surface area contributed by atoms with E-state index in [4.69, 9.17) is 11.6 Å². The van der Waals surface area contributed by atoms with Crippen molar-refractivity contribution in [1.82, 2.24) is 0 Å². The Morgan fingerprint density at radius 1 is 1.33 bits per heavy atom. The molecule has 0 saturated carbocycles. The average Bonchev–Trinajstić information content (AvgIpc) is 2.32. The topological polar surface area (TPSA) is 64.6 Å². The number of carbonyl (C=O) groups is 2. The molecule has 0 aromatic heterocycles. The van der Waals surface area contributed by atoms with Gasteiger partial charge in [0, 0.05) is 17.8 Å². The van der Waals surface area contributed by atoms with Crippen LogP contribution in [0.25, 0.3) is 0 Å². The van der Waals surface area contributed by atoms with Crippen molar-refractivity contribution in [3.05, 3.63) is 28.8 Å². The quantitative estimate of drug-likeness (QED) is 0.829. The van der Waals surface area contributed by atoms with Crippen LogP contribution in [0.1, 0.15) is 5.56 Å². The Balaban J connectivity index is 2.44. The van der Waals surface area contributed by atoms with Crippen molar-refractivity contribution in [2.45, 2.75) is 6.92 Å². The Morgan fingerprint density at radius 2 is 2.06 bits per heavy atom. The van der Waals surface area contributed by atoms with E-state index < -0.39 is 11.9 Å². The van der Waals surface area contributed by atoms with Gasteiger partial charge in [-0.05, 0) is 24.6 Å². The fourth-order valence-electron chi connectivity index (χ4n) is 1.17. The molecule has 0 aliphatic rings. The Hall–Kier alpha value is -1.59. The minimum atomic E-state index is -0.588. The number of hydrogen-bond acceptors (Lipinski definition) is 4. The summed E-state index contributed by atoms with van der Waals surface area (Å²) in [7, 11) is 1.37. The van der Waals surface area contributed by atoms with Crippen molar-refractivity contribution in [3.8, 4) is 0 Å². The van der Waals surface area contributed by atoms with Gasteiger partial charge in [0.1, 0.15) is 6.61 Å². The van der Waals surface area contributed by atoms with Gasteiger partial charge in [-0.15, -0.1) is 0 Å². The van der Waals surface area contributed by atoms with E-state index in [1.165, 1.54) is 7.11 Å². The number of hydrogen-bond donors (Lipinski definition) is 1. The number of benzene rings is 1.